The maximum absolute atomic E-state index is 13.7. The maximum Gasteiger partial charge on any atom is 0.241 e. The van der Waals surface area contributed by atoms with Gasteiger partial charge in [-0.2, -0.15) is 0 Å². The van der Waals surface area contributed by atoms with Crippen LogP contribution in [0.25, 0.3) is 22.6 Å². The summed E-state index contributed by atoms with van der Waals surface area (Å²) in [5.41, 5.74) is 3.60. The van der Waals surface area contributed by atoms with Gasteiger partial charge < -0.3 is 8.94 Å². The van der Waals surface area contributed by atoms with E-state index in [1.165, 1.54) is 0 Å². The molecule has 0 aliphatic rings. The molecule has 2 heterocycles. The number of nitrogens with one attached hydrogen (secondary N) is 1. The van der Waals surface area contributed by atoms with Gasteiger partial charge in [-0.1, -0.05) is 83.0 Å². The number of sulfone groups is 1. The van der Waals surface area contributed by atoms with Gasteiger partial charge in [-0.3, -0.25) is 4.72 Å². The number of aryl methyl sites for hydroxylation is 2. The lowest BCUT2D eigenvalue weighted by Gasteiger charge is -2.06. The van der Waals surface area contributed by atoms with Crippen LogP contribution >= 0.6 is 0 Å². The first kappa shape index (κ1) is 26.3. The van der Waals surface area contributed by atoms with Crippen molar-refractivity contribution in [3.8, 4) is 22.6 Å². The average molecular weight is 565 g/mol. The predicted molar refractivity (Wildman–Crippen MR) is 145 cm³/mol. The Kier molecular flexibility index (Phi) is 7.06. The molecule has 0 spiro atoms. The number of hydrogen-bond acceptors (Lipinski definition) is 9. The summed E-state index contributed by atoms with van der Waals surface area (Å²) in [5.74, 6) is -1.72. The lowest BCUT2D eigenvalue weighted by Crippen LogP contribution is -2.15. The second kappa shape index (κ2) is 10.5. The molecule has 0 radical (unpaired) electrons. The number of nitrogens with zero attached hydrogens (tertiary/aromatic N) is 3. The number of sulfonamides is 1. The maximum atomic E-state index is 13.7. The lowest BCUT2D eigenvalue weighted by atomic mass is 10.1. The number of benzene rings is 3. The summed E-state index contributed by atoms with van der Waals surface area (Å²) >= 11 is 0. The summed E-state index contributed by atoms with van der Waals surface area (Å²) in [5, 5.41) is 11.6. The smallest absolute Gasteiger partial charge is 0.241 e. The van der Waals surface area contributed by atoms with E-state index in [0.29, 0.717) is 16.8 Å². The lowest BCUT2D eigenvalue weighted by molar-refractivity contribution is 0.433. The van der Waals surface area contributed by atoms with Gasteiger partial charge in [0.25, 0.3) is 0 Å². The summed E-state index contributed by atoms with van der Waals surface area (Å²) in [6.07, 6.45) is 0. The molecule has 5 rings (SSSR count). The topological polar surface area (TPSA) is 145 Å². The first-order valence-electron chi connectivity index (χ1n) is 11.8. The zero-order chi connectivity index (χ0) is 27.6. The third-order valence-corrected chi connectivity index (χ3v) is 8.58. The number of rotatable bonds is 9. The second-order valence-electron chi connectivity index (χ2n) is 9.00. The van der Waals surface area contributed by atoms with Gasteiger partial charge in [-0.15, -0.1) is 10.2 Å². The van der Waals surface area contributed by atoms with Crippen molar-refractivity contribution in [2.45, 2.75) is 30.2 Å². The van der Waals surface area contributed by atoms with Crippen LogP contribution < -0.4 is 4.72 Å². The molecule has 1 N–H and O–H groups in total. The average Bonchev–Trinajstić information content (AvgIpc) is 3.53. The van der Waals surface area contributed by atoms with Gasteiger partial charge in [0.15, 0.2) is 15.6 Å². The van der Waals surface area contributed by atoms with Gasteiger partial charge >= 0.3 is 0 Å². The van der Waals surface area contributed by atoms with Crippen LogP contribution in [0.3, 0.4) is 0 Å². The Morgan fingerprint density at radius 1 is 0.718 bits per heavy atom. The molecule has 0 saturated heterocycles. The molecule has 5 aromatic rings. The largest absolute Gasteiger partial charge is 0.423 e. The van der Waals surface area contributed by atoms with Crippen LogP contribution in [0.2, 0.25) is 0 Å². The zero-order valence-corrected chi connectivity index (χ0v) is 22.7. The quantitative estimate of drug-likeness (QED) is 0.263. The van der Waals surface area contributed by atoms with Crippen molar-refractivity contribution in [3.63, 3.8) is 0 Å². The van der Waals surface area contributed by atoms with E-state index in [2.05, 4.69) is 20.1 Å². The molecule has 39 heavy (non-hydrogen) atoms. The van der Waals surface area contributed by atoms with Crippen LogP contribution in [0, 0.1) is 13.8 Å². The van der Waals surface area contributed by atoms with E-state index in [4.69, 9.17) is 8.94 Å². The van der Waals surface area contributed by atoms with Crippen LogP contribution in [0.4, 0.5) is 5.69 Å². The Morgan fingerprint density at radius 3 is 1.95 bits per heavy atom. The van der Waals surface area contributed by atoms with Crippen molar-refractivity contribution in [2.75, 3.05) is 4.72 Å². The first-order chi connectivity index (χ1) is 18.6. The van der Waals surface area contributed by atoms with Crippen molar-refractivity contribution in [3.05, 3.63) is 102 Å². The summed E-state index contributed by atoms with van der Waals surface area (Å²) in [7, 11) is -8.02. The van der Waals surface area contributed by atoms with Crippen LogP contribution in [0.15, 0.2) is 92.7 Å². The van der Waals surface area contributed by atoms with Crippen molar-refractivity contribution >= 4 is 25.5 Å². The van der Waals surface area contributed by atoms with Crippen LogP contribution in [0.5, 0.6) is 0 Å². The van der Waals surface area contributed by atoms with Gasteiger partial charge in [-0.25, -0.2) is 16.8 Å². The third kappa shape index (κ3) is 6.07. The molecule has 0 aliphatic carbocycles. The van der Waals surface area contributed by atoms with E-state index in [0.717, 1.165) is 11.1 Å². The monoisotopic (exact) mass is 564 g/mol. The number of aromatic nitrogens is 3. The van der Waals surface area contributed by atoms with Gasteiger partial charge in [0.05, 0.1) is 0 Å². The molecule has 0 atom stereocenters. The van der Waals surface area contributed by atoms with E-state index in [-0.39, 0.29) is 28.1 Å². The van der Waals surface area contributed by atoms with E-state index in [1.54, 1.807) is 66.7 Å². The molecule has 10 nitrogen and oxygen atoms in total. The van der Waals surface area contributed by atoms with Crippen LogP contribution in [-0.4, -0.2) is 32.2 Å². The Hall–Kier alpha value is -4.29. The highest BCUT2D eigenvalue weighted by Crippen LogP contribution is 2.37. The van der Waals surface area contributed by atoms with Gasteiger partial charge in [0.1, 0.15) is 22.1 Å². The molecule has 3 aromatic carbocycles. The minimum Gasteiger partial charge on any atom is -0.423 e. The predicted octanol–water partition coefficient (Wildman–Crippen LogP) is 4.92. The van der Waals surface area contributed by atoms with E-state index < -0.39 is 31.4 Å². The molecule has 0 fully saturated rings. The number of anilines is 1. The Balaban J connectivity index is 1.43. The van der Waals surface area contributed by atoms with Crippen molar-refractivity contribution < 1.29 is 25.8 Å². The van der Waals surface area contributed by atoms with Crippen LogP contribution in [-0.2, 0) is 31.4 Å². The minimum absolute atomic E-state index is 0.0819. The fourth-order valence-electron chi connectivity index (χ4n) is 3.88. The molecule has 0 aliphatic heterocycles. The normalized spacial score (nSPS) is 11.9. The molecule has 200 valence electrons. The third-order valence-electron chi connectivity index (χ3n) is 5.78. The van der Waals surface area contributed by atoms with Crippen LogP contribution in [0.1, 0.15) is 22.9 Å². The van der Waals surface area contributed by atoms with Gasteiger partial charge in [0, 0.05) is 16.8 Å². The summed E-state index contributed by atoms with van der Waals surface area (Å²) in [4.78, 5) is -0.119. The second-order valence-corrected chi connectivity index (χ2v) is 12.6. The molecular formula is C27H24N4O6S2. The number of hydrogen-bond donors (Lipinski definition) is 1. The molecule has 0 amide bonds. The summed E-state index contributed by atoms with van der Waals surface area (Å²) in [6, 6.07) is 22.8. The molecule has 0 saturated carbocycles. The highest BCUT2D eigenvalue weighted by molar-refractivity contribution is 7.92. The highest BCUT2D eigenvalue weighted by atomic mass is 32.2. The fourth-order valence-corrected chi connectivity index (χ4v) is 6.36. The summed E-state index contributed by atoms with van der Waals surface area (Å²) < 4.78 is 66.0. The van der Waals surface area contributed by atoms with Crippen molar-refractivity contribution in [2.24, 2.45) is 0 Å². The minimum atomic E-state index is -4.14. The van der Waals surface area contributed by atoms with E-state index in [1.807, 2.05) is 26.0 Å². The Labute approximate surface area is 225 Å². The standard InChI is InChI=1S/C27H24N4O6S2/c1-18-8-12-21(13-9-18)26-27(25(30-37-26)20-6-4-3-5-7-20)38(32,33)16-23-28-29-24(36-23)17-39(34,35)31-22-14-10-19(2)11-15-22/h3-15,31H,16-17H2,1-2H3. The van der Waals surface area contributed by atoms with Crippen molar-refractivity contribution in [1.82, 2.24) is 15.4 Å². The molecule has 12 heteroatoms. The zero-order valence-electron chi connectivity index (χ0n) is 21.0. The van der Waals surface area contributed by atoms with E-state index in [9.17, 15) is 16.8 Å². The van der Waals surface area contributed by atoms with Crippen molar-refractivity contribution in [1.29, 1.82) is 0 Å². The summed E-state index contributed by atoms with van der Waals surface area (Å²) in [6.45, 7) is 3.80. The van der Waals surface area contributed by atoms with Gasteiger partial charge in [0.2, 0.25) is 21.8 Å². The fraction of sp³-hybridized carbons (Fsp3) is 0.148. The SMILES string of the molecule is Cc1ccc(NS(=O)(=O)Cc2nnc(CS(=O)(=O)c3c(-c4ccccc4)noc3-c3ccc(C)cc3)o2)cc1. The molecule has 2 aromatic heterocycles. The van der Waals surface area contributed by atoms with E-state index >= 15 is 0 Å². The molecule has 0 bridgehead atoms. The molecule has 0 unspecified atom stereocenters. The Morgan fingerprint density at radius 2 is 1.31 bits per heavy atom. The molecular weight excluding hydrogens is 540 g/mol. The highest BCUT2D eigenvalue weighted by Gasteiger charge is 2.32. The van der Waals surface area contributed by atoms with Gasteiger partial charge in [-0.05, 0) is 26.0 Å². The Bertz CT molecular complexity index is 1810. The first-order valence-corrected chi connectivity index (χ1v) is 15.1.